The predicted octanol–water partition coefficient (Wildman–Crippen LogP) is 1.31. The van der Waals surface area contributed by atoms with Crippen LogP contribution in [0.25, 0.3) is 0 Å². The van der Waals surface area contributed by atoms with Gasteiger partial charge in [0.05, 0.1) is 11.8 Å². The predicted molar refractivity (Wildman–Crippen MR) is 50.6 cm³/mol. The van der Waals surface area contributed by atoms with E-state index in [0.717, 1.165) is 24.5 Å². The quantitative estimate of drug-likeness (QED) is 0.707. The van der Waals surface area contributed by atoms with Crippen LogP contribution in [0.1, 0.15) is 37.7 Å². The van der Waals surface area contributed by atoms with Crippen LogP contribution in [-0.4, -0.2) is 20.8 Å². The fraction of sp³-hybridized carbons (Fsp3) is 0.700. The maximum absolute atomic E-state index is 9.45. The molecule has 1 N–H and O–H groups in total. The number of aliphatic hydroxyl groups is 1. The molecule has 1 aromatic heterocycles. The number of hydrogen-bond acceptors (Lipinski definition) is 2. The van der Waals surface area contributed by atoms with Gasteiger partial charge in [0.2, 0.25) is 0 Å². The van der Waals surface area contributed by atoms with Crippen LogP contribution in [0.5, 0.6) is 0 Å². The number of nitrogens with zero attached hydrogens (tertiary/aromatic N) is 2. The Morgan fingerprint density at radius 1 is 1.62 bits per heavy atom. The molecule has 13 heavy (non-hydrogen) atoms. The minimum Gasteiger partial charge on any atom is -0.393 e. The lowest BCUT2D eigenvalue weighted by Gasteiger charge is -2.18. The van der Waals surface area contributed by atoms with E-state index in [-0.39, 0.29) is 6.10 Å². The summed E-state index contributed by atoms with van der Waals surface area (Å²) in [5, 5.41) is 9.45. The van der Waals surface area contributed by atoms with Crippen LogP contribution in [0.15, 0.2) is 6.20 Å². The van der Waals surface area contributed by atoms with Crippen LogP contribution in [0.2, 0.25) is 0 Å². The second-order valence-corrected chi connectivity index (χ2v) is 4.08. The fourth-order valence-corrected chi connectivity index (χ4v) is 1.71. The first-order chi connectivity index (χ1) is 6.16. The van der Waals surface area contributed by atoms with Crippen molar-refractivity contribution < 1.29 is 5.11 Å². The summed E-state index contributed by atoms with van der Waals surface area (Å²) in [5.74, 6) is 1.53. The van der Waals surface area contributed by atoms with Crippen molar-refractivity contribution in [1.82, 2.24) is 9.55 Å². The number of aryl methyl sites for hydroxylation is 1. The van der Waals surface area contributed by atoms with E-state index in [4.69, 9.17) is 0 Å². The molecule has 2 rings (SSSR count). The molecule has 1 aliphatic rings. The largest absolute Gasteiger partial charge is 0.393 e. The van der Waals surface area contributed by atoms with Crippen LogP contribution in [0.4, 0.5) is 0 Å². The molecule has 3 nitrogen and oxygen atoms in total. The van der Waals surface area contributed by atoms with Crippen molar-refractivity contribution in [1.29, 1.82) is 0 Å². The number of rotatable bonds is 1. The van der Waals surface area contributed by atoms with Crippen LogP contribution >= 0.6 is 0 Å². The molecule has 72 valence electrons. The van der Waals surface area contributed by atoms with E-state index in [1.165, 1.54) is 0 Å². The topological polar surface area (TPSA) is 38.0 Å². The van der Waals surface area contributed by atoms with Gasteiger partial charge in [0, 0.05) is 19.2 Å². The highest BCUT2D eigenvalue weighted by Crippen LogP contribution is 2.19. The average Bonchev–Trinajstić information content (AvgIpc) is 2.46. The third kappa shape index (κ3) is 1.61. The molecule has 0 radical (unpaired) electrons. The molecule has 1 unspecified atom stereocenters. The fourth-order valence-electron chi connectivity index (χ4n) is 1.71. The van der Waals surface area contributed by atoms with Crippen molar-refractivity contribution in [3.8, 4) is 0 Å². The summed E-state index contributed by atoms with van der Waals surface area (Å²) >= 11 is 0. The van der Waals surface area contributed by atoms with E-state index in [9.17, 15) is 5.11 Å². The summed E-state index contributed by atoms with van der Waals surface area (Å²) in [7, 11) is 0. The lowest BCUT2D eigenvalue weighted by Crippen LogP contribution is -2.22. The normalized spacial score (nSPS) is 22.0. The Labute approximate surface area is 78.4 Å². The van der Waals surface area contributed by atoms with Crippen LogP contribution in [0, 0.1) is 0 Å². The SMILES string of the molecule is CC(C)c1cn2c(n1)CC(O)CC2. The molecule has 0 saturated heterocycles. The Morgan fingerprint density at radius 3 is 3.08 bits per heavy atom. The molecule has 0 fully saturated rings. The second kappa shape index (κ2) is 3.14. The van der Waals surface area contributed by atoms with Gasteiger partial charge in [-0.3, -0.25) is 0 Å². The standard InChI is InChI=1S/C10H16N2O/c1-7(2)9-6-12-4-3-8(13)5-10(12)11-9/h6-8,13H,3-5H2,1-2H3. The molecule has 0 amide bonds. The molecule has 1 aromatic rings. The summed E-state index contributed by atoms with van der Waals surface area (Å²) < 4.78 is 2.17. The Kier molecular flexibility index (Phi) is 2.12. The summed E-state index contributed by atoms with van der Waals surface area (Å²) in [4.78, 5) is 4.50. The number of hydrogen-bond donors (Lipinski definition) is 1. The van der Waals surface area contributed by atoms with Crippen LogP contribution < -0.4 is 0 Å². The first-order valence-electron chi connectivity index (χ1n) is 4.91. The van der Waals surface area contributed by atoms with Gasteiger partial charge < -0.3 is 9.67 Å². The summed E-state index contributed by atoms with van der Waals surface area (Å²) in [5.41, 5.74) is 1.14. The molecule has 0 spiro atoms. The van der Waals surface area contributed by atoms with Gasteiger partial charge in [-0.05, 0) is 12.3 Å². The highest BCUT2D eigenvalue weighted by Gasteiger charge is 2.19. The molecular weight excluding hydrogens is 164 g/mol. The van der Waals surface area contributed by atoms with Crippen molar-refractivity contribution >= 4 is 0 Å². The lowest BCUT2D eigenvalue weighted by atomic mass is 10.1. The number of fused-ring (bicyclic) bond motifs is 1. The molecule has 1 atom stereocenters. The molecule has 0 aliphatic carbocycles. The highest BCUT2D eigenvalue weighted by atomic mass is 16.3. The first kappa shape index (κ1) is 8.75. The molecular formula is C10H16N2O. The first-order valence-corrected chi connectivity index (χ1v) is 4.91. The third-order valence-corrected chi connectivity index (χ3v) is 2.59. The van der Waals surface area contributed by atoms with E-state index < -0.39 is 0 Å². The van der Waals surface area contributed by atoms with Gasteiger partial charge in [-0.1, -0.05) is 13.8 Å². The summed E-state index contributed by atoms with van der Waals surface area (Å²) in [6.07, 6.45) is 3.51. The van der Waals surface area contributed by atoms with Crippen LogP contribution in [0.3, 0.4) is 0 Å². The minimum absolute atomic E-state index is 0.185. The highest BCUT2D eigenvalue weighted by molar-refractivity contribution is 5.10. The van der Waals surface area contributed by atoms with Gasteiger partial charge in [0.15, 0.2) is 0 Å². The zero-order valence-electron chi connectivity index (χ0n) is 8.20. The average molecular weight is 180 g/mol. The molecule has 3 heteroatoms. The monoisotopic (exact) mass is 180 g/mol. The number of aliphatic hydroxyl groups excluding tert-OH is 1. The molecule has 1 aliphatic heterocycles. The third-order valence-electron chi connectivity index (χ3n) is 2.59. The van der Waals surface area contributed by atoms with Gasteiger partial charge in [0.1, 0.15) is 5.82 Å². The van der Waals surface area contributed by atoms with Gasteiger partial charge in [0.25, 0.3) is 0 Å². The maximum Gasteiger partial charge on any atom is 0.111 e. The van der Waals surface area contributed by atoms with Crippen molar-refractivity contribution in [2.75, 3.05) is 0 Å². The van der Waals surface area contributed by atoms with Crippen LogP contribution in [-0.2, 0) is 13.0 Å². The smallest absolute Gasteiger partial charge is 0.111 e. The summed E-state index contributed by atoms with van der Waals surface area (Å²) in [6, 6.07) is 0. The summed E-state index contributed by atoms with van der Waals surface area (Å²) in [6.45, 7) is 5.20. The van der Waals surface area contributed by atoms with Gasteiger partial charge in [-0.25, -0.2) is 4.98 Å². The molecule has 0 saturated carbocycles. The second-order valence-electron chi connectivity index (χ2n) is 4.08. The molecule has 0 bridgehead atoms. The van der Waals surface area contributed by atoms with Gasteiger partial charge >= 0.3 is 0 Å². The Bertz CT molecular complexity index is 304. The molecule has 2 heterocycles. The zero-order chi connectivity index (χ0) is 9.42. The van der Waals surface area contributed by atoms with E-state index >= 15 is 0 Å². The van der Waals surface area contributed by atoms with Crippen molar-refractivity contribution in [2.45, 2.75) is 45.3 Å². The number of imidazole rings is 1. The van der Waals surface area contributed by atoms with E-state index in [1.54, 1.807) is 0 Å². The zero-order valence-corrected chi connectivity index (χ0v) is 8.20. The van der Waals surface area contributed by atoms with Gasteiger partial charge in [-0.2, -0.15) is 0 Å². The number of aromatic nitrogens is 2. The Balaban J connectivity index is 2.28. The minimum atomic E-state index is -0.185. The van der Waals surface area contributed by atoms with E-state index in [1.807, 2.05) is 0 Å². The Morgan fingerprint density at radius 2 is 2.38 bits per heavy atom. The van der Waals surface area contributed by atoms with Crippen molar-refractivity contribution in [3.05, 3.63) is 17.7 Å². The van der Waals surface area contributed by atoms with Crippen molar-refractivity contribution in [3.63, 3.8) is 0 Å². The van der Waals surface area contributed by atoms with Crippen molar-refractivity contribution in [2.24, 2.45) is 0 Å². The van der Waals surface area contributed by atoms with E-state index in [0.29, 0.717) is 12.3 Å². The Hall–Kier alpha value is -0.830. The van der Waals surface area contributed by atoms with E-state index in [2.05, 4.69) is 29.6 Å². The lowest BCUT2D eigenvalue weighted by molar-refractivity contribution is 0.141. The maximum atomic E-state index is 9.45. The van der Waals surface area contributed by atoms with Gasteiger partial charge in [-0.15, -0.1) is 0 Å². The molecule has 0 aromatic carbocycles.